The Hall–Kier alpha value is -5.90. The van der Waals surface area contributed by atoms with Gasteiger partial charge in [0, 0.05) is 55.2 Å². The molecule has 2 heterocycles. The van der Waals surface area contributed by atoms with E-state index in [1.54, 1.807) is 6.07 Å². The van der Waals surface area contributed by atoms with Crippen molar-refractivity contribution in [1.29, 1.82) is 5.26 Å². The van der Waals surface area contributed by atoms with Crippen LogP contribution in [-0.4, -0.2) is 15.6 Å². The predicted molar refractivity (Wildman–Crippen MR) is 217 cm³/mol. The van der Waals surface area contributed by atoms with Crippen molar-refractivity contribution in [3.8, 4) is 27.6 Å². The molecule has 52 heavy (non-hydrogen) atoms. The van der Waals surface area contributed by atoms with E-state index >= 15 is 0 Å². The minimum Gasteiger partial charge on any atom is -0.477 e. The summed E-state index contributed by atoms with van der Waals surface area (Å²) in [5.74, 6) is -1.22. The summed E-state index contributed by atoms with van der Waals surface area (Å²) in [6.45, 7) is 3.22. The van der Waals surface area contributed by atoms with Gasteiger partial charge in [0.1, 0.15) is 11.6 Å². The van der Waals surface area contributed by atoms with Gasteiger partial charge in [-0.2, -0.15) is 5.26 Å². The maximum Gasteiger partial charge on any atom is 0.346 e. The van der Waals surface area contributed by atoms with E-state index in [-0.39, 0.29) is 5.57 Å². The fourth-order valence-corrected chi connectivity index (χ4v) is 7.95. The zero-order valence-corrected chi connectivity index (χ0v) is 30.2. The third-order valence-corrected chi connectivity index (χ3v) is 10.7. The zero-order valence-electron chi connectivity index (χ0n) is 29.3. The standard InChI is InChI=1S/C46H41N3O2S/c1-2-3-4-5-6-13-28-48-43-25-20-34(33-18-22-39(23-19-33)49(37-14-9-7-10-15-37)38-16-11-8-12-17-38)30-41(43)42-31-35(21-26-44(42)48)45-27-24-40(52-45)29-36(32-47)46(50)51/h7-12,14-27,29-31H,2-6,13,28H2,1H3,(H,50,51). The third-order valence-electron chi connectivity index (χ3n) is 9.64. The number of rotatable bonds is 14. The highest BCUT2D eigenvalue weighted by Crippen LogP contribution is 2.39. The van der Waals surface area contributed by atoms with Crippen molar-refractivity contribution in [1.82, 2.24) is 4.57 Å². The summed E-state index contributed by atoms with van der Waals surface area (Å²) >= 11 is 1.49. The third kappa shape index (κ3) is 7.42. The van der Waals surface area contributed by atoms with Gasteiger partial charge in [-0.15, -0.1) is 11.3 Å². The maximum atomic E-state index is 11.4. The highest BCUT2D eigenvalue weighted by molar-refractivity contribution is 7.16. The van der Waals surface area contributed by atoms with E-state index < -0.39 is 5.97 Å². The van der Waals surface area contributed by atoms with Crippen LogP contribution >= 0.6 is 11.3 Å². The number of benzene rings is 5. The normalized spacial score (nSPS) is 11.6. The van der Waals surface area contributed by atoms with Crippen molar-refractivity contribution in [3.63, 3.8) is 0 Å². The number of hydrogen-bond donors (Lipinski definition) is 1. The predicted octanol–water partition coefficient (Wildman–Crippen LogP) is 13.0. The van der Waals surface area contributed by atoms with Gasteiger partial charge in [-0.1, -0.05) is 99.7 Å². The Bertz CT molecular complexity index is 2340. The second kappa shape index (κ2) is 16.0. The molecule has 0 aliphatic rings. The minimum absolute atomic E-state index is 0.269. The maximum absolute atomic E-state index is 11.4. The molecule has 7 aromatic rings. The molecule has 6 heteroatoms. The van der Waals surface area contributed by atoms with Crippen molar-refractivity contribution >= 4 is 62.3 Å². The molecule has 5 nitrogen and oxygen atoms in total. The van der Waals surface area contributed by atoms with E-state index in [1.165, 1.54) is 71.3 Å². The Morgan fingerprint density at radius 2 is 1.25 bits per heavy atom. The van der Waals surface area contributed by atoms with Gasteiger partial charge in [-0.05, 0) is 102 Å². The van der Waals surface area contributed by atoms with E-state index in [0.29, 0.717) is 0 Å². The van der Waals surface area contributed by atoms with E-state index in [4.69, 9.17) is 0 Å². The van der Waals surface area contributed by atoms with Crippen LogP contribution in [0, 0.1) is 11.3 Å². The smallest absolute Gasteiger partial charge is 0.346 e. The van der Waals surface area contributed by atoms with Crippen molar-refractivity contribution in [2.45, 2.75) is 52.0 Å². The van der Waals surface area contributed by atoms with Crippen LogP contribution in [0.15, 0.2) is 139 Å². The molecule has 0 aliphatic heterocycles. The Kier molecular flexibility index (Phi) is 10.6. The van der Waals surface area contributed by atoms with Gasteiger partial charge in [0.05, 0.1) is 0 Å². The van der Waals surface area contributed by atoms with E-state index in [9.17, 15) is 15.2 Å². The average molecular weight is 700 g/mol. The Morgan fingerprint density at radius 3 is 1.87 bits per heavy atom. The molecular weight excluding hydrogens is 659 g/mol. The first kappa shape index (κ1) is 34.5. The van der Waals surface area contributed by atoms with Gasteiger partial charge in [-0.25, -0.2) is 4.79 Å². The number of nitrogens with zero attached hydrogens (tertiary/aromatic N) is 3. The summed E-state index contributed by atoms with van der Waals surface area (Å²) in [4.78, 5) is 15.5. The van der Waals surface area contributed by atoms with Crippen LogP contribution in [-0.2, 0) is 11.3 Å². The molecule has 1 N–H and O–H groups in total. The molecule has 0 saturated carbocycles. The van der Waals surface area contributed by atoms with Gasteiger partial charge < -0.3 is 14.6 Å². The number of carboxylic acids is 1. The molecule has 0 saturated heterocycles. The highest BCUT2D eigenvalue weighted by Gasteiger charge is 2.16. The number of aryl methyl sites for hydroxylation is 1. The number of aliphatic carboxylic acids is 1. The molecule has 0 atom stereocenters. The fourth-order valence-electron chi connectivity index (χ4n) is 7.00. The van der Waals surface area contributed by atoms with E-state index in [0.717, 1.165) is 56.5 Å². The molecule has 0 fully saturated rings. The van der Waals surface area contributed by atoms with Crippen LogP contribution in [0.5, 0.6) is 0 Å². The van der Waals surface area contributed by atoms with Crippen LogP contribution < -0.4 is 4.90 Å². The molecule has 0 bridgehead atoms. The van der Waals surface area contributed by atoms with Crippen LogP contribution in [0.1, 0.15) is 50.3 Å². The minimum atomic E-state index is -1.22. The van der Waals surface area contributed by atoms with Crippen LogP contribution in [0.4, 0.5) is 17.1 Å². The first-order valence-electron chi connectivity index (χ1n) is 18.1. The largest absolute Gasteiger partial charge is 0.477 e. The first-order chi connectivity index (χ1) is 25.5. The molecule has 258 valence electrons. The quantitative estimate of drug-likeness (QED) is 0.0697. The molecule has 0 radical (unpaired) electrons. The second-order valence-electron chi connectivity index (χ2n) is 13.1. The lowest BCUT2D eigenvalue weighted by molar-refractivity contribution is -0.132. The number of carboxylic acid groups (broad SMARTS) is 1. The summed E-state index contributed by atoms with van der Waals surface area (Å²) in [6, 6.07) is 48.9. The summed E-state index contributed by atoms with van der Waals surface area (Å²) in [6.07, 6.45) is 8.91. The number of nitriles is 1. The highest BCUT2D eigenvalue weighted by atomic mass is 32.1. The number of carbonyl (C=O) groups is 1. The molecule has 0 amide bonds. The van der Waals surface area contributed by atoms with Gasteiger partial charge in [0.15, 0.2) is 0 Å². The Balaban J connectivity index is 1.26. The molecule has 2 aromatic heterocycles. The Labute approximate surface area is 309 Å². The number of anilines is 3. The number of fused-ring (bicyclic) bond motifs is 3. The number of aromatic nitrogens is 1. The molecule has 0 unspecified atom stereocenters. The van der Waals surface area contributed by atoms with Crippen molar-refractivity contribution < 1.29 is 9.90 Å². The monoisotopic (exact) mass is 699 g/mol. The number of para-hydroxylation sites is 2. The van der Waals surface area contributed by atoms with E-state index in [1.807, 2.05) is 24.3 Å². The van der Waals surface area contributed by atoms with Gasteiger partial charge in [0.2, 0.25) is 0 Å². The summed E-state index contributed by atoms with van der Waals surface area (Å²) in [7, 11) is 0. The van der Waals surface area contributed by atoms with Crippen LogP contribution in [0.2, 0.25) is 0 Å². The first-order valence-corrected chi connectivity index (χ1v) is 18.9. The SMILES string of the molecule is CCCCCCCCn1c2ccc(-c3ccc(N(c4ccccc4)c4ccccc4)cc3)cc2c2cc(-c3ccc(C=C(C#N)C(=O)O)s3)ccc21. The lowest BCUT2D eigenvalue weighted by atomic mass is 10.0. The Morgan fingerprint density at radius 1 is 0.692 bits per heavy atom. The average Bonchev–Trinajstić information content (AvgIpc) is 3.78. The number of unbranched alkanes of at least 4 members (excludes halogenated alkanes) is 5. The van der Waals surface area contributed by atoms with Crippen LogP contribution in [0.3, 0.4) is 0 Å². The lowest BCUT2D eigenvalue weighted by Gasteiger charge is -2.25. The summed E-state index contributed by atoms with van der Waals surface area (Å²) < 4.78 is 2.48. The summed E-state index contributed by atoms with van der Waals surface area (Å²) in [5, 5.41) is 21.0. The van der Waals surface area contributed by atoms with Crippen LogP contribution in [0.25, 0.3) is 49.4 Å². The molecule has 7 rings (SSSR count). The van der Waals surface area contributed by atoms with Gasteiger partial charge >= 0.3 is 5.97 Å². The fraction of sp³-hybridized carbons (Fsp3) is 0.174. The topological polar surface area (TPSA) is 69.3 Å². The van der Waals surface area contributed by atoms with E-state index in [2.05, 4.69) is 126 Å². The van der Waals surface area contributed by atoms with Crippen molar-refractivity contribution in [2.24, 2.45) is 0 Å². The molecule has 0 aliphatic carbocycles. The summed E-state index contributed by atoms with van der Waals surface area (Å²) in [5.41, 5.74) is 8.88. The van der Waals surface area contributed by atoms with Gasteiger partial charge in [-0.3, -0.25) is 0 Å². The van der Waals surface area contributed by atoms with Crippen molar-refractivity contribution in [3.05, 3.63) is 144 Å². The molecule has 0 spiro atoms. The molecule has 5 aromatic carbocycles. The number of thiophene rings is 1. The van der Waals surface area contributed by atoms with Crippen molar-refractivity contribution in [2.75, 3.05) is 4.90 Å². The van der Waals surface area contributed by atoms with Gasteiger partial charge in [0.25, 0.3) is 0 Å². The molecular formula is C46H41N3O2S. The number of hydrogen-bond acceptors (Lipinski definition) is 4. The lowest BCUT2D eigenvalue weighted by Crippen LogP contribution is -2.09. The second-order valence-corrected chi connectivity index (χ2v) is 14.2. The zero-order chi connectivity index (χ0) is 35.9.